The zero-order chi connectivity index (χ0) is 62.4. The third-order valence-corrected chi connectivity index (χ3v) is 24.5. The van der Waals surface area contributed by atoms with E-state index in [-0.39, 0.29) is 76.5 Å². The van der Waals surface area contributed by atoms with Crippen LogP contribution in [0.3, 0.4) is 0 Å². The number of dihydropyridines is 1. The molecule has 0 aromatic heterocycles. The lowest BCUT2D eigenvalue weighted by Gasteiger charge is -2.56. The molecule has 3 aromatic carbocycles. The molecule has 15 heteroatoms. The first-order valence-corrected chi connectivity index (χ1v) is 34.7. The van der Waals surface area contributed by atoms with E-state index in [2.05, 4.69) is 99.2 Å². The zero-order valence-corrected chi connectivity index (χ0v) is 52.9. The van der Waals surface area contributed by atoms with Gasteiger partial charge < -0.3 is 63.2 Å². The fraction of sp³-hybridized carbons (Fsp3) is 0.566. The van der Waals surface area contributed by atoms with Crippen LogP contribution in [0.5, 0.6) is 11.5 Å². The number of guanidine groups is 1. The van der Waals surface area contributed by atoms with Crippen molar-refractivity contribution < 1.29 is 34.8 Å². The van der Waals surface area contributed by atoms with E-state index in [4.69, 9.17) is 21.2 Å². The summed E-state index contributed by atoms with van der Waals surface area (Å²) in [7, 11) is 0. The second-order valence-corrected chi connectivity index (χ2v) is 29.5. The molecule has 13 N–H and O–H groups in total. The molecular formula is C76H96N8O7. The number of benzene rings is 3. The Kier molecular flexibility index (Phi) is 18.1. The van der Waals surface area contributed by atoms with Crippen LogP contribution >= 0.6 is 0 Å². The molecule has 6 saturated carbocycles. The molecule has 7 fully saturated rings. The Morgan fingerprint density at radius 3 is 2.62 bits per heavy atom. The number of allylic oxidation sites excluding steroid dienone is 3. The van der Waals surface area contributed by atoms with Crippen molar-refractivity contribution in [2.45, 2.75) is 171 Å². The van der Waals surface area contributed by atoms with E-state index in [9.17, 15) is 30.0 Å². The molecule has 482 valence electrons. The van der Waals surface area contributed by atoms with Crippen LogP contribution in [-0.4, -0.2) is 107 Å². The number of nitrogens with one attached hydrogen (secondary N) is 5. The summed E-state index contributed by atoms with van der Waals surface area (Å²) in [4.78, 5) is 34.1. The Morgan fingerprint density at radius 1 is 0.890 bits per heavy atom. The number of aliphatic hydroxyl groups is 3. The van der Waals surface area contributed by atoms with Crippen molar-refractivity contribution in [3.05, 3.63) is 147 Å². The number of aryl methyl sites for hydroxylation is 2. The Labute approximate surface area is 537 Å². The lowest BCUT2D eigenvalue weighted by Crippen LogP contribution is -2.57. The number of ether oxygens (including phenoxy) is 1. The Bertz CT molecular complexity index is 3490. The number of aliphatic imine (C=N–C) groups is 1. The maximum absolute atomic E-state index is 14.8. The van der Waals surface area contributed by atoms with E-state index in [0.29, 0.717) is 83.8 Å². The third-order valence-electron chi connectivity index (χ3n) is 24.5. The van der Waals surface area contributed by atoms with Gasteiger partial charge in [0.05, 0.1) is 31.3 Å². The van der Waals surface area contributed by atoms with Crippen LogP contribution in [0.1, 0.15) is 137 Å². The predicted molar refractivity (Wildman–Crippen MR) is 355 cm³/mol. The number of hydrogen-bond acceptors (Lipinski definition) is 15. The molecule has 3 aromatic rings. The second-order valence-electron chi connectivity index (χ2n) is 29.5. The summed E-state index contributed by atoms with van der Waals surface area (Å²) >= 11 is 0. The molecule has 13 aliphatic rings. The van der Waals surface area contributed by atoms with Crippen LogP contribution in [-0.2, 0) is 35.3 Å². The number of Topliss-reactive ketones (excluding diaryl/α,β-unsaturated/α-hetero) is 1. The standard InChI is InChI=1S/C76H96N8O7/c77-70-37-62-49(27-47-11-4-10-46(26-47)17-16-45-8-2-1-3-9-45)12-6-24-81-74(78)83-56-31-50-20-22-76-68-19-18-48(28-57(87)35-58(88)32-55(43-85)61-36-67(91-44-86)66(90)33-52(61)30-54(62)42-82-70)38-75(68,39-64-59-21-25-79-41-53(59)29-51-13-7-23-80-72(51)64)40-69(76)84-73-60(14-5-15-65(73)89)63(34-56)71(50)76/h1-4,7-11,13,26,32-33,36-37,42,48-51,53,56,59,64-65,68-73,79-80,82,84-86,89-90H,5,12,14-23,25,27-31,34-35,38-41,43-44,77H2,(H3,78,81,83)/b55-32+/t48-,49+,50+,51-,53-,56-,59+,64-,65+,68+,69+,70?,71+,72+,73+,75+,76-/m0/s1. The quantitative estimate of drug-likeness (QED) is 0.0398. The van der Waals surface area contributed by atoms with Gasteiger partial charge in [0.2, 0.25) is 5.96 Å². The van der Waals surface area contributed by atoms with Crippen LogP contribution in [0.15, 0.2) is 125 Å². The fourth-order valence-electron chi connectivity index (χ4n) is 21.2. The minimum absolute atomic E-state index is 0.000247. The molecule has 1 spiro atoms. The van der Waals surface area contributed by atoms with Crippen molar-refractivity contribution in [3.63, 3.8) is 0 Å². The topological polar surface area (TPSA) is 249 Å². The SMILES string of the molecule is NC1=NC#CC[C@H](Cc2cccc(CCc3ccccc3)c2)C2=CC(N)NC=C2Cc2cc(O)c(OCO)cc2/C(CO)=C/C(=O)CC(=O)C[C@@H]2CC[C@@H]3[C@@](C[C@H]4[C@@H]5CCNC[C@@H]5C[C@@H]5C=CCN[C@@H]45)(C2)C[C@H]2N[C@@H]4C(=C5C[C@H](C[C@H]6CC[C@]32[C@@H]56)N1)CCC[C@H]4O. The minimum Gasteiger partial charge on any atom is -0.504 e. The summed E-state index contributed by atoms with van der Waals surface area (Å²) in [6, 6.07) is 26.1. The first-order valence-electron chi connectivity index (χ1n) is 34.7. The van der Waals surface area contributed by atoms with Gasteiger partial charge in [-0.2, -0.15) is 4.99 Å². The zero-order valence-electron chi connectivity index (χ0n) is 52.9. The summed E-state index contributed by atoms with van der Waals surface area (Å²) in [5, 5.41) is 64.4. The van der Waals surface area contributed by atoms with Crippen molar-refractivity contribution in [2.24, 2.45) is 80.6 Å². The number of nitrogens with two attached hydrogens (primary N) is 2. The van der Waals surface area contributed by atoms with E-state index in [1.807, 2.05) is 18.3 Å². The molecular weight excluding hydrogens is 1140 g/mol. The highest BCUT2D eigenvalue weighted by Gasteiger charge is 2.71. The van der Waals surface area contributed by atoms with Crippen LogP contribution in [0.4, 0.5) is 0 Å². The van der Waals surface area contributed by atoms with Gasteiger partial charge in [-0.1, -0.05) is 83.8 Å². The third kappa shape index (κ3) is 12.4. The number of piperidine rings is 1. The number of carbonyl (C=O) groups is 2. The van der Waals surface area contributed by atoms with Gasteiger partial charge in [-0.25, -0.2) is 0 Å². The fourth-order valence-corrected chi connectivity index (χ4v) is 21.2. The van der Waals surface area contributed by atoms with Crippen molar-refractivity contribution in [1.82, 2.24) is 26.6 Å². The molecule has 8 bridgehead atoms. The van der Waals surface area contributed by atoms with Gasteiger partial charge in [0, 0.05) is 49.8 Å². The van der Waals surface area contributed by atoms with Crippen molar-refractivity contribution >= 4 is 23.1 Å². The number of fused-ring (bicyclic) bond motifs is 3. The molecule has 7 aliphatic heterocycles. The number of phenols is 1. The highest BCUT2D eigenvalue weighted by atomic mass is 16.6. The van der Waals surface area contributed by atoms with E-state index >= 15 is 0 Å². The maximum atomic E-state index is 14.8. The number of ketones is 2. The highest BCUT2D eigenvalue weighted by Crippen LogP contribution is 2.75. The number of rotatable bonds is 10. The summed E-state index contributed by atoms with van der Waals surface area (Å²) in [5.41, 5.74) is 23.5. The molecule has 17 atom stereocenters. The average Bonchev–Trinajstić information content (AvgIpc) is 1.52. The van der Waals surface area contributed by atoms with Crippen LogP contribution in [0.25, 0.3) is 5.57 Å². The molecule has 1 saturated heterocycles. The van der Waals surface area contributed by atoms with E-state index in [0.717, 1.165) is 126 Å². The monoisotopic (exact) mass is 1230 g/mol. The van der Waals surface area contributed by atoms with Gasteiger partial charge in [0.1, 0.15) is 5.78 Å². The lowest BCUT2D eigenvalue weighted by atomic mass is 9.50. The van der Waals surface area contributed by atoms with Crippen molar-refractivity contribution in [2.75, 3.05) is 33.0 Å². The minimum atomic E-state index is -0.708. The van der Waals surface area contributed by atoms with E-state index in [1.54, 1.807) is 17.7 Å². The Balaban J connectivity index is 0.844. The molecule has 6 aliphatic carbocycles. The Hall–Kier alpha value is -6.35. The van der Waals surface area contributed by atoms with Gasteiger partial charge in [-0.15, -0.1) is 0 Å². The molecule has 15 nitrogen and oxygen atoms in total. The van der Waals surface area contributed by atoms with Crippen molar-refractivity contribution in [1.29, 1.82) is 0 Å². The first-order chi connectivity index (χ1) is 44.3. The van der Waals surface area contributed by atoms with Gasteiger partial charge in [-0.05, 0) is 262 Å². The largest absolute Gasteiger partial charge is 0.504 e. The summed E-state index contributed by atoms with van der Waals surface area (Å²) in [6.07, 6.45) is 26.7. The molecule has 91 heavy (non-hydrogen) atoms. The summed E-state index contributed by atoms with van der Waals surface area (Å²) < 4.78 is 5.52. The summed E-state index contributed by atoms with van der Waals surface area (Å²) in [6.45, 7) is 1.77. The van der Waals surface area contributed by atoms with E-state index in [1.165, 1.54) is 35.6 Å². The average molecular weight is 1230 g/mol. The smallest absolute Gasteiger partial charge is 0.202 e. The normalized spacial score (nSPS) is 36.9. The molecule has 1 unspecified atom stereocenters. The van der Waals surface area contributed by atoms with Crippen LogP contribution in [0, 0.1) is 76.1 Å². The van der Waals surface area contributed by atoms with Crippen LogP contribution in [0.2, 0.25) is 0 Å². The van der Waals surface area contributed by atoms with Gasteiger partial charge in [0.15, 0.2) is 24.1 Å². The van der Waals surface area contributed by atoms with Crippen LogP contribution < -0.4 is 42.8 Å². The number of aromatic hydroxyl groups is 1. The van der Waals surface area contributed by atoms with Gasteiger partial charge in [-0.3, -0.25) is 9.59 Å². The number of nitrogens with zero attached hydrogens (tertiary/aromatic N) is 1. The lowest BCUT2D eigenvalue weighted by molar-refractivity contribution is -0.126. The van der Waals surface area contributed by atoms with Gasteiger partial charge in [0.25, 0.3) is 0 Å². The van der Waals surface area contributed by atoms with Crippen molar-refractivity contribution in [3.8, 4) is 23.5 Å². The Morgan fingerprint density at radius 2 is 1.75 bits per heavy atom. The second kappa shape index (κ2) is 26.6. The maximum Gasteiger partial charge on any atom is 0.202 e. The predicted octanol–water partition coefficient (Wildman–Crippen LogP) is 8.11. The molecule has 0 radical (unpaired) electrons. The van der Waals surface area contributed by atoms with E-state index < -0.39 is 31.5 Å². The highest BCUT2D eigenvalue weighted by molar-refractivity contribution is 6.08. The van der Waals surface area contributed by atoms with Gasteiger partial charge >= 0.3 is 0 Å². The number of carbonyl (C=O) groups excluding carboxylic acids is 2. The first kappa shape index (κ1) is 62.1. The number of aliphatic hydroxyl groups excluding tert-OH is 3. The molecule has 7 heterocycles. The number of phenolic OH excluding ortho intramolecular Hbond substituents is 1. The summed E-state index contributed by atoms with van der Waals surface area (Å²) in [5.74, 6) is 6.47. The molecule has 16 rings (SSSR count). The molecule has 0 amide bonds. The number of hydrogen-bond donors (Lipinski definition) is 11.